The Labute approximate surface area is 241 Å². The van der Waals surface area contributed by atoms with E-state index >= 15 is 0 Å². The molecule has 1 N–H and O–H groups in total. The van der Waals surface area contributed by atoms with Crippen LogP contribution in [-0.4, -0.2) is 50.9 Å². The molecule has 0 aliphatic heterocycles. The Kier molecular flexibility index (Phi) is 10.6. The largest absolute Gasteiger partial charge is 0.497 e. The zero-order chi connectivity index (χ0) is 29.4. The van der Waals surface area contributed by atoms with Crippen LogP contribution < -0.4 is 14.4 Å². The number of carbonyl (C=O) groups is 2. The maximum absolute atomic E-state index is 14.1. The van der Waals surface area contributed by atoms with Crippen LogP contribution in [0.5, 0.6) is 5.75 Å². The summed E-state index contributed by atoms with van der Waals surface area (Å²) in [6.45, 7) is 6.93. The maximum Gasteiger partial charge on any atom is 0.264 e. The van der Waals surface area contributed by atoms with Gasteiger partial charge >= 0.3 is 0 Å². The molecule has 0 heterocycles. The molecule has 0 aliphatic rings. The SMILES string of the molecule is CC[C@H](C(=O)NC(C)C)N(Cc1cccc(OC)c1)C(=O)CN(c1cccc(C)c1)S(=O)(=O)c1ccc(Cl)cc1. The molecule has 0 aromatic heterocycles. The first-order valence-electron chi connectivity index (χ1n) is 13.0. The van der Waals surface area contributed by atoms with Gasteiger partial charge in [-0.25, -0.2) is 8.42 Å². The van der Waals surface area contributed by atoms with Crippen LogP contribution in [0.3, 0.4) is 0 Å². The van der Waals surface area contributed by atoms with Crippen molar-refractivity contribution < 1.29 is 22.7 Å². The molecule has 8 nitrogen and oxygen atoms in total. The Morgan fingerprint density at radius 3 is 2.27 bits per heavy atom. The molecule has 2 amide bonds. The van der Waals surface area contributed by atoms with Crippen molar-refractivity contribution in [3.63, 3.8) is 0 Å². The lowest BCUT2D eigenvalue weighted by molar-refractivity contribution is -0.140. The highest BCUT2D eigenvalue weighted by Gasteiger charge is 2.34. The second-order valence-corrected chi connectivity index (χ2v) is 12.1. The summed E-state index contributed by atoms with van der Waals surface area (Å²) in [5.74, 6) is -0.222. The summed E-state index contributed by atoms with van der Waals surface area (Å²) in [5, 5.41) is 3.28. The van der Waals surface area contributed by atoms with Gasteiger partial charge in [0.2, 0.25) is 11.8 Å². The van der Waals surface area contributed by atoms with Crippen LogP contribution in [0.15, 0.2) is 77.7 Å². The average Bonchev–Trinajstić information content (AvgIpc) is 2.91. The van der Waals surface area contributed by atoms with Gasteiger partial charge in [0.05, 0.1) is 17.7 Å². The van der Waals surface area contributed by atoms with Crippen molar-refractivity contribution in [3.8, 4) is 5.75 Å². The highest BCUT2D eigenvalue weighted by Crippen LogP contribution is 2.27. The summed E-state index contributed by atoms with van der Waals surface area (Å²) < 4.78 is 34.2. The fourth-order valence-electron chi connectivity index (χ4n) is 4.31. The number of rotatable bonds is 12. The third-order valence-corrected chi connectivity index (χ3v) is 8.31. The van der Waals surface area contributed by atoms with Gasteiger partial charge in [0.15, 0.2) is 0 Å². The molecule has 0 radical (unpaired) electrons. The van der Waals surface area contributed by atoms with Crippen molar-refractivity contribution in [1.29, 1.82) is 0 Å². The normalized spacial score (nSPS) is 12.1. The molecule has 0 bridgehead atoms. The van der Waals surface area contributed by atoms with Gasteiger partial charge in [-0.3, -0.25) is 13.9 Å². The van der Waals surface area contributed by atoms with Crippen molar-refractivity contribution in [2.75, 3.05) is 18.0 Å². The van der Waals surface area contributed by atoms with Crippen molar-refractivity contribution in [1.82, 2.24) is 10.2 Å². The lowest BCUT2D eigenvalue weighted by Gasteiger charge is -2.33. The summed E-state index contributed by atoms with van der Waals surface area (Å²) >= 11 is 6.00. The number of halogens is 1. The van der Waals surface area contributed by atoms with Crippen LogP contribution in [0.25, 0.3) is 0 Å². The van der Waals surface area contributed by atoms with E-state index in [1.54, 1.807) is 43.5 Å². The van der Waals surface area contributed by atoms with Gasteiger partial charge < -0.3 is 15.0 Å². The zero-order valence-corrected chi connectivity index (χ0v) is 25.0. The van der Waals surface area contributed by atoms with E-state index in [2.05, 4.69) is 5.32 Å². The summed E-state index contributed by atoms with van der Waals surface area (Å²) in [6, 6.07) is 19.0. The number of benzene rings is 3. The molecule has 3 aromatic rings. The van der Waals surface area contributed by atoms with Crippen LogP contribution in [0.1, 0.15) is 38.3 Å². The average molecular weight is 586 g/mol. The van der Waals surface area contributed by atoms with E-state index in [9.17, 15) is 18.0 Å². The molecule has 0 spiro atoms. The lowest BCUT2D eigenvalue weighted by atomic mass is 10.1. The van der Waals surface area contributed by atoms with E-state index in [0.717, 1.165) is 15.4 Å². The van der Waals surface area contributed by atoms with Crippen LogP contribution in [0.4, 0.5) is 5.69 Å². The molecule has 3 rings (SSSR count). The highest BCUT2D eigenvalue weighted by atomic mass is 35.5. The fourth-order valence-corrected chi connectivity index (χ4v) is 5.85. The smallest absolute Gasteiger partial charge is 0.264 e. The summed E-state index contributed by atoms with van der Waals surface area (Å²) in [7, 11) is -2.61. The Bertz CT molecular complexity index is 1430. The number of sulfonamides is 1. The van der Waals surface area contributed by atoms with E-state index in [1.807, 2.05) is 39.8 Å². The molecule has 40 heavy (non-hydrogen) atoms. The van der Waals surface area contributed by atoms with Crippen molar-refractivity contribution in [2.24, 2.45) is 0 Å². The molecule has 0 saturated heterocycles. The number of hydrogen-bond donors (Lipinski definition) is 1. The third-order valence-electron chi connectivity index (χ3n) is 6.27. The first-order valence-corrected chi connectivity index (χ1v) is 14.9. The number of methoxy groups -OCH3 is 1. The molecule has 10 heteroatoms. The number of aryl methyl sites for hydroxylation is 1. The molecular weight excluding hydrogens is 550 g/mol. The van der Waals surface area contributed by atoms with Crippen LogP contribution in [0.2, 0.25) is 5.02 Å². The number of nitrogens with one attached hydrogen (secondary N) is 1. The van der Waals surface area contributed by atoms with E-state index in [0.29, 0.717) is 22.9 Å². The highest BCUT2D eigenvalue weighted by molar-refractivity contribution is 7.92. The lowest BCUT2D eigenvalue weighted by Crippen LogP contribution is -2.53. The topological polar surface area (TPSA) is 96.0 Å². The van der Waals surface area contributed by atoms with Gasteiger partial charge in [0.1, 0.15) is 18.3 Å². The first-order chi connectivity index (χ1) is 19.0. The number of hydrogen-bond acceptors (Lipinski definition) is 5. The molecule has 0 saturated carbocycles. The predicted octanol–water partition coefficient (Wildman–Crippen LogP) is 5.18. The molecule has 0 aliphatic carbocycles. The van der Waals surface area contributed by atoms with E-state index in [4.69, 9.17) is 16.3 Å². The molecular formula is C30H36ClN3O5S. The van der Waals surface area contributed by atoms with E-state index < -0.39 is 28.5 Å². The van der Waals surface area contributed by atoms with Gasteiger partial charge in [-0.15, -0.1) is 0 Å². The van der Waals surface area contributed by atoms with Crippen molar-refractivity contribution >= 4 is 39.1 Å². The summed E-state index contributed by atoms with van der Waals surface area (Å²) in [6.07, 6.45) is 0.336. The fraction of sp³-hybridized carbons (Fsp3) is 0.333. The second-order valence-electron chi connectivity index (χ2n) is 9.77. The van der Waals surface area contributed by atoms with Crippen molar-refractivity contribution in [3.05, 3.63) is 88.9 Å². The molecule has 1 atom stereocenters. The number of ether oxygens (including phenoxy) is 1. The minimum atomic E-state index is -4.16. The second kappa shape index (κ2) is 13.7. The van der Waals surface area contributed by atoms with Gasteiger partial charge in [-0.2, -0.15) is 0 Å². The van der Waals surface area contributed by atoms with E-state index in [-0.39, 0.29) is 23.4 Å². The summed E-state index contributed by atoms with van der Waals surface area (Å²) in [4.78, 5) is 28.7. The monoisotopic (exact) mass is 585 g/mol. The Hall–Kier alpha value is -3.56. The number of carbonyl (C=O) groups excluding carboxylic acids is 2. The Balaban J connectivity index is 2.07. The Morgan fingerprint density at radius 2 is 1.68 bits per heavy atom. The van der Waals surface area contributed by atoms with Gasteiger partial charge in [-0.05, 0) is 86.8 Å². The summed E-state index contributed by atoms with van der Waals surface area (Å²) in [5.41, 5.74) is 1.91. The quantitative estimate of drug-likeness (QED) is 0.316. The predicted molar refractivity (Wildman–Crippen MR) is 158 cm³/mol. The van der Waals surface area contributed by atoms with Crippen molar-refractivity contribution in [2.45, 2.75) is 57.6 Å². The number of anilines is 1. The number of nitrogens with zero attached hydrogens (tertiary/aromatic N) is 2. The minimum Gasteiger partial charge on any atom is -0.497 e. The Morgan fingerprint density at radius 1 is 1.00 bits per heavy atom. The third kappa shape index (κ3) is 7.76. The molecule has 3 aromatic carbocycles. The van der Waals surface area contributed by atoms with Crippen LogP contribution >= 0.6 is 11.6 Å². The van der Waals surface area contributed by atoms with E-state index in [1.165, 1.54) is 29.2 Å². The minimum absolute atomic E-state index is 0.00450. The van der Waals surface area contributed by atoms with Gasteiger partial charge in [0, 0.05) is 17.6 Å². The van der Waals surface area contributed by atoms with Crippen LogP contribution in [-0.2, 0) is 26.2 Å². The molecule has 0 unspecified atom stereocenters. The molecule has 214 valence electrons. The molecule has 0 fully saturated rings. The van der Waals surface area contributed by atoms with Gasteiger partial charge in [-0.1, -0.05) is 42.8 Å². The van der Waals surface area contributed by atoms with Crippen LogP contribution in [0, 0.1) is 6.92 Å². The van der Waals surface area contributed by atoms with Gasteiger partial charge in [0.25, 0.3) is 10.0 Å². The standard InChI is InChI=1S/C30H36ClN3O5S/c1-6-28(30(36)32-21(2)3)33(19-23-10-8-12-26(18-23)39-5)29(35)20-34(25-11-7-9-22(4)17-25)40(37,38)27-15-13-24(31)14-16-27/h7-18,21,28H,6,19-20H2,1-5H3,(H,32,36)/t28-/m1/s1. The number of amides is 2. The zero-order valence-electron chi connectivity index (χ0n) is 23.4. The maximum atomic E-state index is 14.1. The first kappa shape index (κ1) is 31.0.